The number of nitriles is 1. The molecule has 0 aliphatic rings. The van der Waals surface area contributed by atoms with Gasteiger partial charge in [-0.25, -0.2) is 4.79 Å². The number of hydrogen-bond donors (Lipinski definition) is 2. The summed E-state index contributed by atoms with van der Waals surface area (Å²) in [6.07, 6.45) is 0. The Kier molecular flexibility index (Phi) is 6.74. The van der Waals surface area contributed by atoms with Crippen LogP contribution in [0.3, 0.4) is 0 Å². The number of rotatable bonds is 6. The van der Waals surface area contributed by atoms with E-state index in [9.17, 15) is 20.0 Å². The van der Waals surface area contributed by atoms with Gasteiger partial charge in [-0.1, -0.05) is 60.7 Å². The van der Waals surface area contributed by atoms with Crippen LogP contribution in [0.2, 0.25) is 0 Å². The third kappa shape index (κ3) is 4.78. The van der Waals surface area contributed by atoms with Gasteiger partial charge in [-0.05, 0) is 61.7 Å². The predicted octanol–water partition coefficient (Wildman–Crippen LogP) is 7.49. The molecule has 5 aromatic rings. The maximum Gasteiger partial charge on any atom is 0.337 e. The molecule has 0 radical (unpaired) electrons. The Balaban J connectivity index is 1.61. The number of fused-ring (bicyclic) bond motifs is 1. The van der Waals surface area contributed by atoms with E-state index in [0.717, 1.165) is 27.8 Å². The lowest BCUT2D eigenvalue weighted by atomic mass is 9.96. The fourth-order valence-corrected chi connectivity index (χ4v) is 4.90. The molecule has 6 nitrogen and oxygen atoms in total. The zero-order valence-electron chi connectivity index (χ0n) is 21.8. The Morgan fingerprint density at radius 1 is 0.949 bits per heavy atom. The van der Waals surface area contributed by atoms with Crippen molar-refractivity contribution in [1.29, 1.82) is 5.26 Å². The molecule has 1 heterocycles. The number of nitrogens with zero attached hydrogens (tertiary/aromatic N) is 1. The Morgan fingerprint density at radius 3 is 2.33 bits per heavy atom. The van der Waals surface area contributed by atoms with E-state index in [4.69, 9.17) is 4.42 Å². The Morgan fingerprint density at radius 2 is 1.62 bits per heavy atom. The van der Waals surface area contributed by atoms with Crippen LogP contribution < -0.4 is 10.7 Å². The van der Waals surface area contributed by atoms with Gasteiger partial charge >= 0.3 is 5.97 Å². The van der Waals surface area contributed by atoms with E-state index in [-0.39, 0.29) is 17.0 Å². The average molecular weight is 515 g/mol. The van der Waals surface area contributed by atoms with Crippen LogP contribution in [0.4, 0.5) is 5.69 Å². The minimum Gasteiger partial charge on any atom is -0.478 e. The molecular weight excluding hydrogens is 488 g/mol. The van der Waals surface area contributed by atoms with Crippen molar-refractivity contribution >= 4 is 22.6 Å². The van der Waals surface area contributed by atoms with Crippen LogP contribution in [0.25, 0.3) is 33.4 Å². The van der Waals surface area contributed by atoms with Gasteiger partial charge in [0.1, 0.15) is 11.3 Å². The van der Waals surface area contributed by atoms with Gasteiger partial charge in [0.25, 0.3) is 0 Å². The summed E-state index contributed by atoms with van der Waals surface area (Å²) >= 11 is 0. The first-order valence-electron chi connectivity index (χ1n) is 12.5. The lowest BCUT2D eigenvalue weighted by Crippen LogP contribution is -2.14. The molecule has 2 N–H and O–H groups in total. The smallest absolute Gasteiger partial charge is 0.337 e. The normalized spacial score (nSPS) is 11.6. The van der Waals surface area contributed by atoms with Crippen LogP contribution in [-0.2, 0) is 0 Å². The molecule has 1 aromatic heterocycles. The summed E-state index contributed by atoms with van der Waals surface area (Å²) in [5.74, 6) is -0.555. The highest BCUT2D eigenvalue weighted by Crippen LogP contribution is 2.34. The van der Waals surface area contributed by atoms with Gasteiger partial charge in [0.15, 0.2) is 5.43 Å². The molecule has 0 bridgehead atoms. The van der Waals surface area contributed by atoms with Gasteiger partial charge in [0.2, 0.25) is 0 Å². The average Bonchev–Trinajstić information content (AvgIpc) is 2.95. The minimum absolute atomic E-state index is 0.117. The molecule has 5 rings (SSSR count). The van der Waals surface area contributed by atoms with Crippen molar-refractivity contribution in [2.75, 3.05) is 5.32 Å². The number of carboxylic acids is 1. The fraction of sp³-hybridized carbons (Fsp3) is 0.121. The summed E-state index contributed by atoms with van der Waals surface area (Å²) in [4.78, 5) is 25.3. The second-order valence-electron chi connectivity index (χ2n) is 9.57. The molecule has 1 atom stereocenters. The van der Waals surface area contributed by atoms with E-state index < -0.39 is 5.97 Å². The molecule has 0 amide bonds. The van der Waals surface area contributed by atoms with Crippen LogP contribution >= 0.6 is 0 Å². The molecular formula is C33H26N2O4. The maximum atomic E-state index is 13.5. The van der Waals surface area contributed by atoms with Gasteiger partial charge in [0.05, 0.1) is 28.6 Å². The van der Waals surface area contributed by atoms with Gasteiger partial charge < -0.3 is 14.8 Å². The minimum atomic E-state index is -1.02. The molecule has 0 unspecified atom stereocenters. The fourth-order valence-electron chi connectivity index (χ4n) is 4.90. The lowest BCUT2D eigenvalue weighted by Gasteiger charge is -2.20. The highest BCUT2D eigenvalue weighted by atomic mass is 16.4. The van der Waals surface area contributed by atoms with Gasteiger partial charge in [-0.15, -0.1) is 0 Å². The van der Waals surface area contributed by atoms with E-state index in [0.29, 0.717) is 33.5 Å². The van der Waals surface area contributed by atoms with E-state index in [1.165, 1.54) is 0 Å². The van der Waals surface area contributed by atoms with Crippen molar-refractivity contribution < 1.29 is 14.3 Å². The first-order valence-corrected chi connectivity index (χ1v) is 12.5. The van der Waals surface area contributed by atoms with Crippen LogP contribution in [-0.4, -0.2) is 11.1 Å². The van der Waals surface area contributed by atoms with Crippen molar-refractivity contribution in [3.63, 3.8) is 0 Å². The van der Waals surface area contributed by atoms with Crippen LogP contribution in [0.15, 0.2) is 94.1 Å². The number of aryl methyl sites for hydroxylation is 1. The predicted molar refractivity (Wildman–Crippen MR) is 153 cm³/mol. The Labute approximate surface area is 225 Å². The quantitative estimate of drug-likeness (QED) is 0.243. The zero-order valence-corrected chi connectivity index (χ0v) is 21.8. The molecule has 6 heteroatoms. The highest BCUT2D eigenvalue weighted by molar-refractivity contribution is 5.94. The second kappa shape index (κ2) is 10.3. The van der Waals surface area contributed by atoms with Crippen molar-refractivity contribution in [3.8, 4) is 28.5 Å². The summed E-state index contributed by atoms with van der Waals surface area (Å²) < 4.78 is 6.46. The summed E-state index contributed by atoms with van der Waals surface area (Å²) in [6.45, 7) is 5.58. The van der Waals surface area contributed by atoms with Gasteiger partial charge in [-0.3, -0.25) is 4.79 Å². The third-order valence-corrected chi connectivity index (χ3v) is 6.89. The molecule has 0 fully saturated rings. The number of carboxylic acid groups (broad SMARTS) is 1. The number of benzene rings is 4. The van der Waals surface area contributed by atoms with Crippen molar-refractivity contribution in [3.05, 3.63) is 123 Å². The molecule has 0 saturated heterocycles. The summed E-state index contributed by atoms with van der Waals surface area (Å²) in [5, 5.41) is 22.8. The molecule has 0 aliphatic heterocycles. The van der Waals surface area contributed by atoms with Crippen molar-refractivity contribution in [1.82, 2.24) is 0 Å². The first-order chi connectivity index (χ1) is 18.8. The Hall–Kier alpha value is -5.15. The number of hydrogen-bond acceptors (Lipinski definition) is 5. The Bertz CT molecular complexity index is 1830. The third-order valence-electron chi connectivity index (χ3n) is 6.89. The number of anilines is 1. The topological polar surface area (TPSA) is 103 Å². The summed E-state index contributed by atoms with van der Waals surface area (Å²) in [6, 6.07) is 27.4. The lowest BCUT2D eigenvalue weighted by molar-refractivity contribution is 0.0698. The second-order valence-corrected chi connectivity index (χ2v) is 9.57. The maximum absolute atomic E-state index is 13.5. The SMILES string of the molecule is Cc1cc([C@@H](C)Nc2ccccc2C(=O)O)c2oc(-c3ccc(-c4ccccc4C#N)cc3)c(C)c(=O)c2c1. The van der Waals surface area contributed by atoms with E-state index in [2.05, 4.69) is 11.4 Å². The molecule has 0 saturated carbocycles. The van der Waals surface area contributed by atoms with E-state index in [1.54, 1.807) is 37.3 Å². The zero-order chi connectivity index (χ0) is 27.7. The molecule has 39 heavy (non-hydrogen) atoms. The number of carbonyl (C=O) groups is 1. The van der Waals surface area contributed by atoms with Crippen LogP contribution in [0.5, 0.6) is 0 Å². The van der Waals surface area contributed by atoms with Crippen LogP contribution in [0.1, 0.15) is 45.6 Å². The van der Waals surface area contributed by atoms with Crippen LogP contribution in [0, 0.1) is 25.2 Å². The largest absolute Gasteiger partial charge is 0.478 e. The molecule has 4 aromatic carbocycles. The number of nitrogens with one attached hydrogen (secondary N) is 1. The van der Waals surface area contributed by atoms with Crippen molar-refractivity contribution in [2.45, 2.75) is 26.8 Å². The first kappa shape index (κ1) is 25.5. The molecule has 192 valence electrons. The summed E-state index contributed by atoms with van der Waals surface area (Å²) in [7, 11) is 0. The standard InChI is InChI=1S/C33H26N2O4/c1-19-16-27(21(3)35-29-11-7-6-10-26(29)33(37)38)32-28(17-19)30(36)20(2)31(39-32)23-14-12-22(13-15-23)25-9-5-4-8-24(25)18-34/h4-17,21,35H,1-3H3,(H,37,38)/t21-/m1/s1. The molecule has 0 aliphatic carbocycles. The summed E-state index contributed by atoms with van der Waals surface area (Å²) in [5.41, 5.74) is 6.20. The number of para-hydroxylation sites is 1. The molecule has 0 spiro atoms. The highest BCUT2D eigenvalue weighted by Gasteiger charge is 2.20. The number of aromatic carboxylic acids is 1. The monoisotopic (exact) mass is 514 g/mol. The van der Waals surface area contributed by atoms with Crippen molar-refractivity contribution in [2.24, 2.45) is 0 Å². The van der Waals surface area contributed by atoms with Gasteiger partial charge in [-0.2, -0.15) is 5.26 Å². The van der Waals surface area contributed by atoms with E-state index >= 15 is 0 Å². The van der Waals surface area contributed by atoms with E-state index in [1.807, 2.05) is 68.4 Å². The van der Waals surface area contributed by atoms with Gasteiger partial charge in [0, 0.05) is 22.4 Å².